The summed E-state index contributed by atoms with van der Waals surface area (Å²) < 4.78 is 0. The first-order valence-corrected chi connectivity index (χ1v) is 4.44. The molecule has 13 heavy (non-hydrogen) atoms. The van der Waals surface area contributed by atoms with Crippen LogP contribution in [-0.4, -0.2) is 4.98 Å². The lowest BCUT2D eigenvalue weighted by molar-refractivity contribution is 1.14. The van der Waals surface area contributed by atoms with Gasteiger partial charge in [-0.2, -0.15) is 0 Å². The van der Waals surface area contributed by atoms with Gasteiger partial charge in [-0.05, 0) is 18.1 Å². The summed E-state index contributed by atoms with van der Waals surface area (Å²) >= 11 is 0. The highest BCUT2D eigenvalue weighted by atomic mass is 14.7. The summed E-state index contributed by atoms with van der Waals surface area (Å²) in [6.45, 7) is 2.13. The van der Waals surface area contributed by atoms with E-state index in [1.54, 1.807) is 6.20 Å². The van der Waals surface area contributed by atoms with Gasteiger partial charge in [-0.15, -0.1) is 0 Å². The molecule has 0 unspecified atom stereocenters. The number of anilines is 1. The Morgan fingerprint density at radius 2 is 2.23 bits per heavy atom. The molecule has 2 rings (SSSR count). The van der Waals surface area contributed by atoms with E-state index in [-0.39, 0.29) is 0 Å². The van der Waals surface area contributed by atoms with Crippen molar-refractivity contribution in [3.63, 3.8) is 0 Å². The van der Waals surface area contributed by atoms with Gasteiger partial charge in [0.2, 0.25) is 0 Å². The monoisotopic (exact) mass is 172 g/mol. The van der Waals surface area contributed by atoms with E-state index in [2.05, 4.69) is 18.0 Å². The molecule has 2 aromatic rings. The minimum Gasteiger partial charge on any atom is -0.397 e. The number of para-hydroxylation sites is 1. The van der Waals surface area contributed by atoms with Gasteiger partial charge in [0.25, 0.3) is 0 Å². The number of hydrogen-bond acceptors (Lipinski definition) is 2. The SMILES string of the molecule is CCc1cccc2cc(N)cnc12. The molecule has 0 radical (unpaired) electrons. The number of fused-ring (bicyclic) bond motifs is 1. The van der Waals surface area contributed by atoms with E-state index in [0.29, 0.717) is 0 Å². The maximum atomic E-state index is 5.65. The van der Waals surface area contributed by atoms with Crippen molar-refractivity contribution >= 4 is 16.6 Å². The molecule has 0 aliphatic carbocycles. The lowest BCUT2D eigenvalue weighted by atomic mass is 10.1. The Kier molecular flexibility index (Phi) is 1.89. The molecule has 2 nitrogen and oxygen atoms in total. The number of nitrogens with two attached hydrogens (primary N) is 1. The largest absolute Gasteiger partial charge is 0.397 e. The summed E-state index contributed by atoms with van der Waals surface area (Å²) in [5.41, 5.74) is 8.72. The molecular formula is C11H12N2. The van der Waals surface area contributed by atoms with Gasteiger partial charge < -0.3 is 5.73 Å². The summed E-state index contributed by atoms with van der Waals surface area (Å²) in [5.74, 6) is 0. The molecule has 66 valence electrons. The number of hydrogen-bond donors (Lipinski definition) is 1. The van der Waals surface area contributed by atoms with Crippen LogP contribution in [-0.2, 0) is 6.42 Å². The predicted molar refractivity (Wildman–Crippen MR) is 55.5 cm³/mol. The minimum absolute atomic E-state index is 0.723. The lowest BCUT2D eigenvalue weighted by Crippen LogP contribution is -1.90. The summed E-state index contributed by atoms with van der Waals surface area (Å²) in [6.07, 6.45) is 2.72. The van der Waals surface area contributed by atoms with E-state index in [1.165, 1.54) is 5.56 Å². The van der Waals surface area contributed by atoms with Crippen LogP contribution in [0.3, 0.4) is 0 Å². The second-order valence-electron chi connectivity index (χ2n) is 3.11. The summed E-state index contributed by atoms with van der Waals surface area (Å²) in [5, 5.41) is 1.12. The van der Waals surface area contributed by atoms with Gasteiger partial charge in [0.05, 0.1) is 17.4 Å². The molecule has 0 spiro atoms. The Hall–Kier alpha value is -1.57. The Labute approximate surface area is 77.4 Å². The summed E-state index contributed by atoms with van der Waals surface area (Å²) in [7, 11) is 0. The Morgan fingerprint density at radius 3 is 3.00 bits per heavy atom. The fourth-order valence-electron chi connectivity index (χ4n) is 1.53. The fraction of sp³-hybridized carbons (Fsp3) is 0.182. The fourth-order valence-corrected chi connectivity index (χ4v) is 1.53. The van der Waals surface area contributed by atoms with Gasteiger partial charge in [0.15, 0.2) is 0 Å². The van der Waals surface area contributed by atoms with Crippen LogP contribution in [0.15, 0.2) is 30.5 Å². The smallest absolute Gasteiger partial charge is 0.0735 e. The molecule has 0 bridgehead atoms. The number of aromatic nitrogens is 1. The van der Waals surface area contributed by atoms with Gasteiger partial charge in [-0.25, -0.2) is 0 Å². The molecule has 0 saturated heterocycles. The van der Waals surface area contributed by atoms with E-state index < -0.39 is 0 Å². The van der Waals surface area contributed by atoms with E-state index >= 15 is 0 Å². The van der Waals surface area contributed by atoms with E-state index in [4.69, 9.17) is 5.73 Å². The van der Waals surface area contributed by atoms with Crippen molar-refractivity contribution in [1.29, 1.82) is 0 Å². The van der Waals surface area contributed by atoms with Gasteiger partial charge >= 0.3 is 0 Å². The molecular weight excluding hydrogens is 160 g/mol. The van der Waals surface area contributed by atoms with Gasteiger partial charge in [0.1, 0.15) is 0 Å². The third kappa shape index (κ3) is 1.35. The first-order valence-electron chi connectivity index (χ1n) is 4.44. The zero-order valence-electron chi connectivity index (χ0n) is 7.62. The number of rotatable bonds is 1. The van der Waals surface area contributed by atoms with Crippen LogP contribution in [0.25, 0.3) is 10.9 Å². The minimum atomic E-state index is 0.723. The normalized spacial score (nSPS) is 10.5. The number of pyridine rings is 1. The van der Waals surface area contributed by atoms with Crippen LogP contribution in [0.1, 0.15) is 12.5 Å². The quantitative estimate of drug-likeness (QED) is 0.717. The van der Waals surface area contributed by atoms with Crippen molar-refractivity contribution in [3.8, 4) is 0 Å². The van der Waals surface area contributed by atoms with E-state index in [1.807, 2.05) is 18.2 Å². The third-order valence-electron chi connectivity index (χ3n) is 2.20. The first kappa shape index (κ1) is 8.05. The molecule has 0 amide bonds. The van der Waals surface area contributed by atoms with Crippen molar-refractivity contribution in [2.24, 2.45) is 0 Å². The van der Waals surface area contributed by atoms with Crippen molar-refractivity contribution in [1.82, 2.24) is 4.98 Å². The highest BCUT2D eigenvalue weighted by molar-refractivity contribution is 5.84. The summed E-state index contributed by atoms with van der Waals surface area (Å²) in [4.78, 5) is 4.33. The van der Waals surface area contributed by atoms with Crippen LogP contribution in [0.2, 0.25) is 0 Å². The van der Waals surface area contributed by atoms with Crippen molar-refractivity contribution in [2.45, 2.75) is 13.3 Å². The Balaban J connectivity index is 2.77. The van der Waals surface area contributed by atoms with Crippen LogP contribution in [0, 0.1) is 0 Å². The molecule has 1 heterocycles. The molecule has 1 aromatic heterocycles. The molecule has 0 saturated carbocycles. The number of nitrogen functional groups attached to an aromatic ring is 1. The van der Waals surface area contributed by atoms with Crippen LogP contribution < -0.4 is 5.73 Å². The molecule has 2 N–H and O–H groups in total. The predicted octanol–water partition coefficient (Wildman–Crippen LogP) is 2.38. The zero-order chi connectivity index (χ0) is 9.26. The molecule has 0 aliphatic heterocycles. The van der Waals surface area contributed by atoms with Crippen molar-refractivity contribution in [3.05, 3.63) is 36.0 Å². The highest BCUT2D eigenvalue weighted by Gasteiger charge is 1.99. The van der Waals surface area contributed by atoms with Gasteiger partial charge in [0, 0.05) is 5.39 Å². The number of nitrogens with zero attached hydrogens (tertiary/aromatic N) is 1. The topological polar surface area (TPSA) is 38.9 Å². The zero-order valence-corrected chi connectivity index (χ0v) is 7.62. The highest BCUT2D eigenvalue weighted by Crippen LogP contribution is 2.18. The molecule has 0 atom stereocenters. The average molecular weight is 172 g/mol. The molecule has 0 fully saturated rings. The number of benzene rings is 1. The van der Waals surface area contributed by atoms with E-state index in [0.717, 1.165) is 23.0 Å². The Morgan fingerprint density at radius 1 is 1.38 bits per heavy atom. The maximum absolute atomic E-state index is 5.65. The first-order chi connectivity index (χ1) is 6.31. The van der Waals surface area contributed by atoms with Gasteiger partial charge in [-0.3, -0.25) is 4.98 Å². The molecule has 2 heteroatoms. The van der Waals surface area contributed by atoms with Crippen molar-refractivity contribution in [2.75, 3.05) is 5.73 Å². The average Bonchev–Trinajstić information content (AvgIpc) is 2.16. The Bertz CT molecular complexity index is 435. The second-order valence-corrected chi connectivity index (χ2v) is 3.11. The second kappa shape index (κ2) is 3.05. The van der Waals surface area contributed by atoms with Crippen LogP contribution in [0.4, 0.5) is 5.69 Å². The molecule has 0 aliphatic rings. The maximum Gasteiger partial charge on any atom is 0.0735 e. The third-order valence-corrected chi connectivity index (χ3v) is 2.20. The van der Waals surface area contributed by atoms with E-state index in [9.17, 15) is 0 Å². The van der Waals surface area contributed by atoms with Gasteiger partial charge in [-0.1, -0.05) is 25.1 Å². The van der Waals surface area contributed by atoms with Crippen LogP contribution >= 0.6 is 0 Å². The number of aryl methyl sites for hydroxylation is 1. The summed E-state index contributed by atoms with van der Waals surface area (Å²) in [6, 6.07) is 8.15. The standard InChI is InChI=1S/C11H12N2/c1-2-8-4-3-5-9-6-10(12)7-13-11(8)9/h3-7H,2,12H2,1H3. The molecule has 1 aromatic carbocycles. The lowest BCUT2D eigenvalue weighted by Gasteiger charge is -2.03. The van der Waals surface area contributed by atoms with Crippen molar-refractivity contribution < 1.29 is 0 Å². The van der Waals surface area contributed by atoms with Crippen LogP contribution in [0.5, 0.6) is 0 Å².